The second-order valence-electron chi connectivity index (χ2n) is 5.19. The van der Waals surface area contributed by atoms with E-state index in [1.807, 2.05) is 19.1 Å². The van der Waals surface area contributed by atoms with Crippen LogP contribution in [0.4, 0.5) is 0 Å². The minimum atomic E-state index is 0.612. The van der Waals surface area contributed by atoms with E-state index in [1.54, 1.807) is 6.20 Å². The molecular formula is C17H30N4O. The van der Waals surface area contributed by atoms with Gasteiger partial charge in [-0.05, 0) is 31.4 Å². The summed E-state index contributed by atoms with van der Waals surface area (Å²) in [5.74, 6) is 2.21. The molecule has 2 N–H and O–H groups in total. The SMILES string of the molecule is CCNC(=NCc1ccnc(OCC)c1)NCC(CC)CC. The Hall–Kier alpha value is -1.78. The summed E-state index contributed by atoms with van der Waals surface area (Å²) in [6, 6.07) is 3.91. The summed E-state index contributed by atoms with van der Waals surface area (Å²) in [5.41, 5.74) is 1.10. The van der Waals surface area contributed by atoms with E-state index in [0.717, 1.165) is 24.6 Å². The molecular weight excluding hydrogens is 276 g/mol. The smallest absolute Gasteiger partial charge is 0.213 e. The molecule has 0 unspecified atom stereocenters. The molecule has 0 fully saturated rings. The third-order valence-corrected chi connectivity index (χ3v) is 3.57. The Morgan fingerprint density at radius 3 is 2.64 bits per heavy atom. The molecule has 0 saturated heterocycles. The summed E-state index contributed by atoms with van der Waals surface area (Å²) < 4.78 is 5.42. The molecule has 0 radical (unpaired) electrons. The fraction of sp³-hybridized carbons (Fsp3) is 0.647. The minimum Gasteiger partial charge on any atom is -0.478 e. The van der Waals surface area contributed by atoms with Gasteiger partial charge in [0, 0.05) is 25.4 Å². The van der Waals surface area contributed by atoms with Gasteiger partial charge < -0.3 is 15.4 Å². The van der Waals surface area contributed by atoms with Gasteiger partial charge in [-0.1, -0.05) is 26.7 Å². The molecule has 1 aromatic rings. The van der Waals surface area contributed by atoms with Crippen LogP contribution in [0.25, 0.3) is 0 Å². The van der Waals surface area contributed by atoms with Gasteiger partial charge in [0.15, 0.2) is 5.96 Å². The summed E-state index contributed by atoms with van der Waals surface area (Å²) in [5, 5.41) is 6.71. The molecule has 0 amide bonds. The molecule has 0 saturated carbocycles. The Bertz CT molecular complexity index is 444. The van der Waals surface area contributed by atoms with Crippen LogP contribution in [0.1, 0.15) is 46.1 Å². The highest BCUT2D eigenvalue weighted by atomic mass is 16.5. The number of guanidine groups is 1. The molecule has 0 spiro atoms. The van der Waals surface area contributed by atoms with Crippen LogP contribution in [0.3, 0.4) is 0 Å². The van der Waals surface area contributed by atoms with Crippen molar-refractivity contribution < 1.29 is 4.74 Å². The lowest BCUT2D eigenvalue weighted by molar-refractivity contribution is 0.326. The van der Waals surface area contributed by atoms with Crippen LogP contribution < -0.4 is 15.4 Å². The van der Waals surface area contributed by atoms with Gasteiger partial charge in [-0.25, -0.2) is 9.98 Å². The van der Waals surface area contributed by atoms with E-state index in [1.165, 1.54) is 12.8 Å². The van der Waals surface area contributed by atoms with Crippen molar-refractivity contribution in [2.45, 2.75) is 47.1 Å². The average molecular weight is 306 g/mol. The molecule has 0 aliphatic rings. The number of rotatable bonds is 9. The normalized spacial score (nSPS) is 11.6. The van der Waals surface area contributed by atoms with Gasteiger partial charge in [0.2, 0.25) is 5.88 Å². The Balaban J connectivity index is 2.62. The largest absolute Gasteiger partial charge is 0.478 e. The number of aliphatic imine (C=N–C) groups is 1. The molecule has 5 nitrogen and oxygen atoms in total. The number of ether oxygens (including phenoxy) is 1. The number of aromatic nitrogens is 1. The summed E-state index contributed by atoms with van der Waals surface area (Å²) in [7, 11) is 0. The molecule has 1 rings (SSSR count). The number of hydrogen-bond acceptors (Lipinski definition) is 3. The summed E-state index contributed by atoms with van der Waals surface area (Å²) in [4.78, 5) is 8.81. The minimum absolute atomic E-state index is 0.612. The third kappa shape index (κ3) is 6.78. The van der Waals surface area contributed by atoms with Crippen molar-refractivity contribution in [2.24, 2.45) is 10.9 Å². The molecule has 0 atom stereocenters. The van der Waals surface area contributed by atoms with Gasteiger partial charge in [0.05, 0.1) is 13.2 Å². The monoisotopic (exact) mass is 306 g/mol. The van der Waals surface area contributed by atoms with Crippen molar-refractivity contribution in [2.75, 3.05) is 19.7 Å². The standard InChI is InChI=1S/C17H30N4O/c1-5-14(6-2)12-20-17(18-7-3)21-13-15-9-10-19-16(11-15)22-8-4/h9-11,14H,5-8,12-13H2,1-4H3,(H2,18,20,21). The predicted octanol–water partition coefficient (Wildman–Crippen LogP) is 2.97. The van der Waals surface area contributed by atoms with Gasteiger partial charge in [-0.15, -0.1) is 0 Å². The summed E-state index contributed by atoms with van der Waals surface area (Å²) in [6.07, 6.45) is 4.14. The van der Waals surface area contributed by atoms with Crippen molar-refractivity contribution in [1.82, 2.24) is 15.6 Å². The van der Waals surface area contributed by atoms with E-state index in [9.17, 15) is 0 Å². The number of hydrogen-bond donors (Lipinski definition) is 2. The second kappa shape index (κ2) is 10.9. The van der Waals surface area contributed by atoms with Crippen molar-refractivity contribution in [3.63, 3.8) is 0 Å². The fourth-order valence-electron chi connectivity index (χ4n) is 2.11. The van der Waals surface area contributed by atoms with Gasteiger partial charge in [-0.3, -0.25) is 0 Å². The first-order chi connectivity index (χ1) is 10.7. The average Bonchev–Trinajstić information content (AvgIpc) is 2.54. The molecule has 1 aromatic heterocycles. The van der Waals surface area contributed by atoms with E-state index in [2.05, 4.69) is 41.4 Å². The van der Waals surface area contributed by atoms with Crippen LogP contribution in [-0.2, 0) is 6.54 Å². The Labute approximate surface area is 134 Å². The van der Waals surface area contributed by atoms with Crippen LogP contribution in [0.2, 0.25) is 0 Å². The molecule has 5 heteroatoms. The topological polar surface area (TPSA) is 58.5 Å². The molecule has 22 heavy (non-hydrogen) atoms. The Morgan fingerprint density at radius 2 is 2.00 bits per heavy atom. The van der Waals surface area contributed by atoms with Gasteiger partial charge in [0.25, 0.3) is 0 Å². The first-order valence-corrected chi connectivity index (χ1v) is 8.33. The highest BCUT2D eigenvalue weighted by Crippen LogP contribution is 2.10. The zero-order valence-electron chi connectivity index (χ0n) is 14.4. The fourth-order valence-corrected chi connectivity index (χ4v) is 2.11. The number of nitrogens with one attached hydrogen (secondary N) is 2. The molecule has 0 aromatic carbocycles. The van der Waals surface area contributed by atoms with Crippen LogP contribution >= 0.6 is 0 Å². The van der Waals surface area contributed by atoms with E-state index < -0.39 is 0 Å². The van der Waals surface area contributed by atoms with Crippen LogP contribution in [0.15, 0.2) is 23.3 Å². The van der Waals surface area contributed by atoms with Crippen LogP contribution in [0, 0.1) is 5.92 Å². The molecule has 124 valence electrons. The van der Waals surface area contributed by atoms with E-state index >= 15 is 0 Å². The zero-order chi connectivity index (χ0) is 16.2. The first-order valence-electron chi connectivity index (χ1n) is 8.33. The van der Waals surface area contributed by atoms with E-state index in [4.69, 9.17) is 4.74 Å². The molecule has 0 aliphatic heterocycles. The van der Waals surface area contributed by atoms with Crippen LogP contribution in [-0.4, -0.2) is 30.6 Å². The van der Waals surface area contributed by atoms with Gasteiger partial charge in [-0.2, -0.15) is 0 Å². The van der Waals surface area contributed by atoms with Crippen LogP contribution in [0.5, 0.6) is 5.88 Å². The maximum atomic E-state index is 5.42. The maximum absolute atomic E-state index is 5.42. The highest BCUT2D eigenvalue weighted by molar-refractivity contribution is 5.79. The quantitative estimate of drug-likeness (QED) is 0.544. The Morgan fingerprint density at radius 1 is 1.23 bits per heavy atom. The highest BCUT2D eigenvalue weighted by Gasteiger charge is 2.05. The molecule has 1 heterocycles. The van der Waals surface area contributed by atoms with E-state index in [-0.39, 0.29) is 0 Å². The Kier molecular flexibility index (Phi) is 9.03. The lowest BCUT2D eigenvalue weighted by atomic mass is 10.0. The van der Waals surface area contributed by atoms with Gasteiger partial charge in [0.1, 0.15) is 0 Å². The molecule has 0 aliphatic carbocycles. The number of pyridine rings is 1. The predicted molar refractivity (Wildman–Crippen MR) is 92.3 cm³/mol. The van der Waals surface area contributed by atoms with Gasteiger partial charge >= 0.3 is 0 Å². The summed E-state index contributed by atoms with van der Waals surface area (Å²) in [6.45, 7) is 11.5. The lowest BCUT2D eigenvalue weighted by Crippen LogP contribution is -2.39. The van der Waals surface area contributed by atoms with E-state index in [0.29, 0.717) is 24.9 Å². The van der Waals surface area contributed by atoms with Crippen molar-refractivity contribution in [1.29, 1.82) is 0 Å². The third-order valence-electron chi connectivity index (χ3n) is 3.57. The summed E-state index contributed by atoms with van der Waals surface area (Å²) >= 11 is 0. The lowest BCUT2D eigenvalue weighted by Gasteiger charge is -2.16. The van der Waals surface area contributed by atoms with Crippen molar-refractivity contribution >= 4 is 5.96 Å². The maximum Gasteiger partial charge on any atom is 0.213 e. The number of nitrogens with zero attached hydrogens (tertiary/aromatic N) is 2. The second-order valence-corrected chi connectivity index (χ2v) is 5.19. The molecule has 0 bridgehead atoms. The van der Waals surface area contributed by atoms with Crippen molar-refractivity contribution in [3.05, 3.63) is 23.9 Å². The first kappa shape index (κ1) is 18.3. The zero-order valence-corrected chi connectivity index (χ0v) is 14.4. The van der Waals surface area contributed by atoms with Crippen molar-refractivity contribution in [3.8, 4) is 5.88 Å².